The van der Waals surface area contributed by atoms with E-state index in [4.69, 9.17) is 16.3 Å². The number of amides is 1. The molecule has 0 N–H and O–H groups in total. The van der Waals surface area contributed by atoms with Crippen molar-refractivity contribution in [3.8, 4) is 0 Å². The zero-order chi connectivity index (χ0) is 18.5. The molecule has 0 aliphatic carbocycles. The molecule has 3 aliphatic heterocycles. The topological polar surface area (TPSA) is 71.5 Å². The summed E-state index contributed by atoms with van der Waals surface area (Å²) in [6.45, 7) is 7.07. The number of piperidine rings is 2. The largest absolute Gasteiger partial charge is 0.444 e. The number of fused-ring (bicyclic) bond motifs is 4. The van der Waals surface area contributed by atoms with E-state index in [0.717, 1.165) is 30.7 Å². The molecule has 26 heavy (non-hydrogen) atoms. The van der Waals surface area contributed by atoms with Crippen LogP contribution in [0.25, 0.3) is 11.0 Å². The molecule has 5 heterocycles. The van der Waals surface area contributed by atoms with Gasteiger partial charge in [0.1, 0.15) is 23.3 Å². The van der Waals surface area contributed by atoms with Crippen molar-refractivity contribution in [2.45, 2.75) is 51.3 Å². The molecular weight excluding hydrogens is 354 g/mol. The van der Waals surface area contributed by atoms with Gasteiger partial charge in [0.15, 0.2) is 5.15 Å². The molecule has 1 amide bonds. The Kier molecular flexibility index (Phi) is 4.14. The average Bonchev–Trinajstić information content (AvgIpc) is 2.60. The number of pyridine rings is 1. The maximum Gasteiger partial charge on any atom is 0.410 e. The number of hydrogen-bond acceptors (Lipinski definition) is 6. The van der Waals surface area contributed by atoms with E-state index in [1.807, 2.05) is 37.8 Å². The van der Waals surface area contributed by atoms with E-state index in [9.17, 15) is 4.79 Å². The first kappa shape index (κ1) is 17.3. The van der Waals surface area contributed by atoms with Crippen molar-refractivity contribution in [1.82, 2.24) is 19.9 Å². The first-order chi connectivity index (χ1) is 12.3. The SMILES string of the molecule is CC(C)(C)OC(=O)N1CC2CC[C@H]1CN2c1ccc2ncnc(Cl)c2n1. The van der Waals surface area contributed by atoms with Crippen LogP contribution in [0, 0.1) is 0 Å². The maximum absolute atomic E-state index is 12.5. The molecule has 3 aliphatic rings. The van der Waals surface area contributed by atoms with E-state index in [-0.39, 0.29) is 18.2 Å². The molecule has 2 aromatic rings. The zero-order valence-electron chi connectivity index (χ0n) is 15.1. The molecule has 7 nitrogen and oxygen atoms in total. The highest BCUT2D eigenvalue weighted by Crippen LogP contribution is 2.33. The normalized spacial score (nSPS) is 22.8. The Morgan fingerprint density at radius 3 is 2.65 bits per heavy atom. The fourth-order valence-corrected chi connectivity index (χ4v) is 3.90. The number of aromatic nitrogens is 3. The van der Waals surface area contributed by atoms with Crippen LogP contribution in [0.1, 0.15) is 33.6 Å². The molecule has 0 radical (unpaired) electrons. The van der Waals surface area contributed by atoms with Crippen LogP contribution in [0.2, 0.25) is 5.15 Å². The molecule has 8 heteroatoms. The van der Waals surface area contributed by atoms with E-state index in [0.29, 0.717) is 17.2 Å². The van der Waals surface area contributed by atoms with Gasteiger partial charge in [-0.3, -0.25) is 0 Å². The molecule has 138 valence electrons. The van der Waals surface area contributed by atoms with Crippen LogP contribution < -0.4 is 4.90 Å². The molecule has 2 bridgehead atoms. The average molecular weight is 376 g/mol. The lowest BCUT2D eigenvalue weighted by Gasteiger charge is -2.51. The van der Waals surface area contributed by atoms with E-state index >= 15 is 0 Å². The van der Waals surface area contributed by atoms with E-state index in [1.54, 1.807) is 0 Å². The molecule has 5 rings (SSSR count). The van der Waals surface area contributed by atoms with Gasteiger partial charge in [-0.25, -0.2) is 19.7 Å². The van der Waals surface area contributed by atoms with Crippen molar-refractivity contribution in [2.24, 2.45) is 0 Å². The van der Waals surface area contributed by atoms with Gasteiger partial charge in [-0.2, -0.15) is 0 Å². The summed E-state index contributed by atoms with van der Waals surface area (Å²) < 4.78 is 5.56. The molecule has 2 aromatic heterocycles. The van der Waals surface area contributed by atoms with Crippen LogP contribution in [-0.2, 0) is 4.74 Å². The Bertz CT molecular complexity index is 853. The van der Waals surface area contributed by atoms with Gasteiger partial charge in [0.2, 0.25) is 0 Å². The first-order valence-corrected chi connectivity index (χ1v) is 9.23. The van der Waals surface area contributed by atoms with Crippen LogP contribution in [0.5, 0.6) is 0 Å². The fraction of sp³-hybridized carbons (Fsp3) is 0.556. The minimum Gasteiger partial charge on any atom is -0.444 e. The molecule has 2 atom stereocenters. The lowest BCUT2D eigenvalue weighted by molar-refractivity contribution is 0.000793. The Labute approximate surface area is 157 Å². The summed E-state index contributed by atoms with van der Waals surface area (Å²) in [4.78, 5) is 29.5. The third kappa shape index (κ3) is 3.16. The van der Waals surface area contributed by atoms with Gasteiger partial charge >= 0.3 is 6.09 Å². The predicted molar refractivity (Wildman–Crippen MR) is 99.4 cm³/mol. The Balaban J connectivity index is 1.56. The maximum atomic E-state index is 12.5. The summed E-state index contributed by atoms with van der Waals surface area (Å²) in [5.74, 6) is 0.854. The highest BCUT2D eigenvalue weighted by molar-refractivity contribution is 6.33. The van der Waals surface area contributed by atoms with Gasteiger partial charge in [0.05, 0.1) is 11.6 Å². The highest BCUT2D eigenvalue weighted by Gasteiger charge is 2.43. The molecule has 3 saturated heterocycles. The highest BCUT2D eigenvalue weighted by atomic mass is 35.5. The monoisotopic (exact) mass is 375 g/mol. The van der Waals surface area contributed by atoms with Gasteiger partial charge in [0.25, 0.3) is 0 Å². The minimum atomic E-state index is -0.482. The van der Waals surface area contributed by atoms with Crippen LogP contribution >= 0.6 is 11.6 Å². The quantitative estimate of drug-likeness (QED) is 0.712. The zero-order valence-corrected chi connectivity index (χ0v) is 15.9. The summed E-state index contributed by atoms with van der Waals surface area (Å²) in [7, 11) is 0. The number of rotatable bonds is 1. The summed E-state index contributed by atoms with van der Waals surface area (Å²) >= 11 is 6.17. The fourth-order valence-electron chi connectivity index (χ4n) is 3.71. The Morgan fingerprint density at radius 1 is 1.19 bits per heavy atom. The Hall–Kier alpha value is -2.15. The number of hydrogen-bond donors (Lipinski definition) is 0. The van der Waals surface area contributed by atoms with Crippen molar-refractivity contribution in [1.29, 1.82) is 0 Å². The van der Waals surface area contributed by atoms with Crippen molar-refractivity contribution >= 4 is 34.5 Å². The number of halogens is 1. The van der Waals surface area contributed by atoms with Gasteiger partial charge in [0, 0.05) is 19.1 Å². The molecular formula is C18H22ClN5O2. The number of anilines is 1. The molecule has 3 fully saturated rings. The molecule has 1 unspecified atom stereocenters. The summed E-state index contributed by atoms with van der Waals surface area (Å²) in [5, 5.41) is 0.356. The lowest BCUT2D eigenvalue weighted by atomic mass is 9.91. The standard InChI is InChI=1S/C18H22ClN5O2/c1-18(2,3)26-17(25)24-9-11-4-5-12(24)8-23(11)14-7-6-13-15(22-14)16(19)21-10-20-13/h6-7,10-12H,4-5,8-9H2,1-3H3/t11?,12-/m0/s1. The second-order valence-corrected chi connectivity index (χ2v) is 8.23. The molecule has 0 aromatic carbocycles. The third-order valence-electron chi connectivity index (χ3n) is 4.87. The molecule has 0 saturated carbocycles. The number of carbonyl (C=O) groups is 1. The summed E-state index contributed by atoms with van der Waals surface area (Å²) in [6, 6.07) is 4.24. The lowest BCUT2D eigenvalue weighted by Crippen LogP contribution is -2.64. The number of piperazine rings is 1. The van der Waals surface area contributed by atoms with E-state index in [1.165, 1.54) is 6.33 Å². The first-order valence-electron chi connectivity index (χ1n) is 8.85. The van der Waals surface area contributed by atoms with Crippen LogP contribution in [-0.4, -0.2) is 56.7 Å². The smallest absolute Gasteiger partial charge is 0.410 e. The van der Waals surface area contributed by atoms with Crippen molar-refractivity contribution in [3.63, 3.8) is 0 Å². The summed E-state index contributed by atoms with van der Waals surface area (Å²) in [6.07, 6.45) is 3.23. The third-order valence-corrected chi connectivity index (χ3v) is 5.15. The van der Waals surface area contributed by atoms with Crippen LogP contribution in [0.15, 0.2) is 18.5 Å². The van der Waals surface area contributed by atoms with E-state index in [2.05, 4.69) is 19.9 Å². The predicted octanol–water partition coefficient (Wildman–Crippen LogP) is 3.27. The minimum absolute atomic E-state index is 0.134. The van der Waals surface area contributed by atoms with Gasteiger partial charge < -0.3 is 14.5 Å². The van der Waals surface area contributed by atoms with Crippen LogP contribution in [0.4, 0.5) is 10.6 Å². The van der Waals surface area contributed by atoms with Crippen molar-refractivity contribution in [3.05, 3.63) is 23.6 Å². The van der Waals surface area contributed by atoms with Gasteiger partial charge in [-0.15, -0.1) is 0 Å². The number of carbonyl (C=O) groups excluding carboxylic acids is 1. The van der Waals surface area contributed by atoms with E-state index < -0.39 is 5.60 Å². The Morgan fingerprint density at radius 2 is 1.96 bits per heavy atom. The van der Waals surface area contributed by atoms with Crippen molar-refractivity contribution in [2.75, 3.05) is 18.0 Å². The van der Waals surface area contributed by atoms with Crippen molar-refractivity contribution < 1.29 is 9.53 Å². The number of ether oxygens (including phenoxy) is 1. The molecule has 0 spiro atoms. The second-order valence-electron chi connectivity index (χ2n) is 7.87. The van der Waals surface area contributed by atoms with Crippen LogP contribution in [0.3, 0.4) is 0 Å². The summed E-state index contributed by atoms with van der Waals surface area (Å²) in [5.41, 5.74) is 0.854. The second kappa shape index (κ2) is 6.23. The van der Waals surface area contributed by atoms with Gasteiger partial charge in [-0.05, 0) is 45.7 Å². The van der Waals surface area contributed by atoms with Gasteiger partial charge in [-0.1, -0.05) is 11.6 Å². The number of nitrogens with zero attached hydrogens (tertiary/aromatic N) is 5.